The van der Waals surface area contributed by atoms with Gasteiger partial charge in [0.1, 0.15) is 5.82 Å². The second kappa shape index (κ2) is 4.92. The number of rotatable bonds is 4. The summed E-state index contributed by atoms with van der Waals surface area (Å²) in [6, 6.07) is 2.13. The Hall–Kier alpha value is -1.37. The van der Waals surface area contributed by atoms with E-state index in [1.54, 1.807) is 0 Å². The first-order valence-electron chi connectivity index (χ1n) is 4.39. The molecule has 1 heterocycles. The molecule has 0 bridgehead atoms. The third-order valence-electron chi connectivity index (χ3n) is 1.64. The van der Waals surface area contributed by atoms with E-state index in [9.17, 15) is 13.2 Å². The molecule has 0 aliphatic heterocycles. The topological polar surface area (TPSA) is 63.8 Å². The average molecular weight is 220 g/mol. The highest BCUT2D eigenvalue weighted by Crippen LogP contribution is 2.26. The Bertz CT molecular complexity index is 296. The lowest BCUT2D eigenvalue weighted by atomic mass is 10.3. The zero-order chi connectivity index (χ0) is 11.3. The molecular formula is C8H11F3N4. The Morgan fingerprint density at radius 3 is 2.47 bits per heavy atom. The van der Waals surface area contributed by atoms with Gasteiger partial charge in [-0.1, -0.05) is 0 Å². The molecule has 1 aromatic rings. The minimum Gasteiger partial charge on any atom is -0.369 e. The van der Waals surface area contributed by atoms with Crippen LogP contribution in [0.25, 0.3) is 0 Å². The number of alkyl halides is 3. The molecular weight excluding hydrogens is 209 g/mol. The van der Waals surface area contributed by atoms with Crippen molar-refractivity contribution in [1.82, 2.24) is 10.2 Å². The molecule has 0 saturated heterocycles. The molecule has 0 saturated carbocycles. The predicted molar refractivity (Wildman–Crippen MR) is 49.2 cm³/mol. The number of nitrogens with zero attached hydrogens (tertiary/aromatic N) is 2. The van der Waals surface area contributed by atoms with Gasteiger partial charge < -0.3 is 11.1 Å². The highest BCUT2D eigenvalue weighted by atomic mass is 19.4. The van der Waals surface area contributed by atoms with Gasteiger partial charge >= 0.3 is 6.18 Å². The number of nitrogens with one attached hydrogen (secondary N) is 1. The minimum atomic E-state index is -4.44. The zero-order valence-electron chi connectivity index (χ0n) is 7.88. The van der Waals surface area contributed by atoms with Crippen molar-refractivity contribution < 1.29 is 13.2 Å². The van der Waals surface area contributed by atoms with E-state index in [-0.39, 0.29) is 0 Å². The van der Waals surface area contributed by atoms with Gasteiger partial charge in [-0.25, -0.2) is 0 Å². The molecule has 0 aromatic carbocycles. The van der Waals surface area contributed by atoms with Gasteiger partial charge in [-0.3, -0.25) is 0 Å². The summed E-state index contributed by atoms with van der Waals surface area (Å²) < 4.78 is 36.3. The third kappa shape index (κ3) is 3.70. The lowest BCUT2D eigenvalue weighted by Gasteiger charge is -2.06. The SMILES string of the molecule is NCCCNc1ccc(C(F)(F)F)nn1. The van der Waals surface area contributed by atoms with Crippen molar-refractivity contribution >= 4 is 5.82 Å². The normalized spacial score (nSPS) is 11.5. The van der Waals surface area contributed by atoms with Crippen LogP contribution in [0.5, 0.6) is 0 Å². The fraction of sp³-hybridized carbons (Fsp3) is 0.500. The van der Waals surface area contributed by atoms with Crippen LogP contribution in [0.15, 0.2) is 12.1 Å². The summed E-state index contributed by atoms with van der Waals surface area (Å²) in [5.74, 6) is 0.316. The lowest BCUT2D eigenvalue weighted by molar-refractivity contribution is -0.141. The van der Waals surface area contributed by atoms with E-state index in [2.05, 4.69) is 15.5 Å². The highest BCUT2D eigenvalue weighted by molar-refractivity contribution is 5.33. The van der Waals surface area contributed by atoms with E-state index in [0.717, 1.165) is 12.5 Å². The number of anilines is 1. The zero-order valence-corrected chi connectivity index (χ0v) is 7.88. The molecule has 0 radical (unpaired) electrons. The molecule has 3 N–H and O–H groups in total. The van der Waals surface area contributed by atoms with E-state index in [1.165, 1.54) is 6.07 Å². The van der Waals surface area contributed by atoms with Gasteiger partial charge in [-0.15, -0.1) is 10.2 Å². The standard InChI is InChI=1S/C8H11F3N4/c9-8(10,11)6-2-3-7(15-14-6)13-5-1-4-12/h2-3H,1,4-5,12H2,(H,13,15). The van der Waals surface area contributed by atoms with Gasteiger partial charge in [0.2, 0.25) is 0 Å². The summed E-state index contributed by atoms with van der Waals surface area (Å²) in [5.41, 5.74) is 4.26. The number of hydrogen-bond acceptors (Lipinski definition) is 4. The van der Waals surface area contributed by atoms with E-state index in [4.69, 9.17) is 5.73 Å². The van der Waals surface area contributed by atoms with Crippen molar-refractivity contribution in [3.8, 4) is 0 Å². The monoisotopic (exact) mass is 220 g/mol. The van der Waals surface area contributed by atoms with Gasteiger partial charge in [0.15, 0.2) is 5.69 Å². The second-order valence-electron chi connectivity index (χ2n) is 2.87. The maximum atomic E-state index is 12.1. The Morgan fingerprint density at radius 1 is 1.27 bits per heavy atom. The molecule has 15 heavy (non-hydrogen) atoms. The molecule has 84 valence electrons. The Balaban J connectivity index is 2.57. The van der Waals surface area contributed by atoms with Crippen LogP contribution in [0.1, 0.15) is 12.1 Å². The quantitative estimate of drug-likeness (QED) is 0.750. The first kappa shape index (κ1) is 11.7. The van der Waals surface area contributed by atoms with Gasteiger partial charge in [0, 0.05) is 6.54 Å². The van der Waals surface area contributed by atoms with Gasteiger partial charge in [0.25, 0.3) is 0 Å². The highest BCUT2D eigenvalue weighted by Gasteiger charge is 2.32. The fourth-order valence-corrected chi connectivity index (χ4v) is 0.896. The summed E-state index contributed by atoms with van der Waals surface area (Å²) >= 11 is 0. The Morgan fingerprint density at radius 2 is 2.00 bits per heavy atom. The van der Waals surface area contributed by atoms with Crippen LogP contribution in [-0.4, -0.2) is 23.3 Å². The number of aromatic nitrogens is 2. The van der Waals surface area contributed by atoms with Crippen molar-refractivity contribution in [3.05, 3.63) is 17.8 Å². The van der Waals surface area contributed by atoms with Crippen LogP contribution in [0.3, 0.4) is 0 Å². The summed E-state index contributed by atoms with van der Waals surface area (Å²) in [7, 11) is 0. The molecule has 0 aliphatic rings. The van der Waals surface area contributed by atoms with Crippen molar-refractivity contribution in [3.63, 3.8) is 0 Å². The molecule has 0 atom stereocenters. The van der Waals surface area contributed by atoms with E-state index in [0.29, 0.717) is 18.9 Å². The summed E-state index contributed by atoms with van der Waals surface area (Å²) in [4.78, 5) is 0. The summed E-state index contributed by atoms with van der Waals surface area (Å²) in [6.45, 7) is 1.08. The molecule has 0 unspecified atom stereocenters. The van der Waals surface area contributed by atoms with E-state index in [1.807, 2.05) is 0 Å². The molecule has 1 aromatic heterocycles. The molecule has 7 heteroatoms. The lowest BCUT2D eigenvalue weighted by Crippen LogP contribution is -2.12. The van der Waals surface area contributed by atoms with Gasteiger partial charge in [0.05, 0.1) is 0 Å². The van der Waals surface area contributed by atoms with Crippen molar-refractivity contribution in [2.24, 2.45) is 5.73 Å². The van der Waals surface area contributed by atoms with Crippen LogP contribution < -0.4 is 11.1 Å². The molecule has 0 spiro atoms. The van der Waals surface area contributed by atoms with Crippen LogP contribution in [0, 0.1) is 0 Å². The first-order chi connectivity index (χ1) is 7.04. The molecule has 0 amide bonds. The molecule has 0 fully saturated rings. The van der Waals surface area contributed by atoms with Gasteiger partial charge in [-0.2, -0.15) is 13.2 Å². The maximum absolute atomic E-state index is 12.1. The van der Waals surface area contributed by atoms with Crippen molar-refractivity contribution in [2.45, 2.75) is 12.6 Å². The number of nitrogens with two attached hydrogens (primary N) is 1. The largest absolute Gasteiger partial charge is 0.435 e. The van der Waals surface area contributed by atoms with Crippen LogP contribution in [0.2, 0.25) is 0 Å². The van der Waals surface area contributed by atoms with E-state index >= 15 is 0 Å². The fourth-order valence-electron chi connectivity index (χ4n) is 0.896. The third-order valence-corrected chi connectivity index (χ3v) is 1.64. The number of hydrogen-bond donors (Lipinski definition) is 2. The van der Waals surface area contributed by atoms with Crippen LogP contribution >= 0.6 is 0 Å². The Labute approximate surface area is 84.7 Å². The predicted octanol–water partition coefficient (Wildman–Crippen LogP) is 1.26. The summed E-state index contributed by atoms with van der Waals surface area (Å²) in [5, 5.41) is 9.26. The van der Waals surface area contributed by atoms with E-state index < -0.39 is 11.9 Å². The van der Waals surface area contributed by atoms with Crippen LogP contribution in [0.4, 0.5) is 19.0 Å². The maximum Gasteiger partial charge on any atom is 0.435 e. The van der Waals surface area contributed by atoms with Gasteiger partial charge in [-0.05, 0) is 25.1 Å². The smallest absolute Gasteiger partial charge is 0.369 e. The van der Waals surface area contributed by atoms with Crippen LogP contribution in [-0.2, 0) is 6.18 Å². The number of halogens is 3. The first-order valence-corrected chi connectivity index (χ1v) is 4.39. The Kier molecular flexibility index (Phi) is 3.84. The second-order valence-corrected chi connectivity index (χ2v) is 2.87. The van der Waals surface area contributed by atoms with Crippen molar-refractivity contribution in [2.75, 3.05) is 18.4 Å². The molecule has 0 aliphatic carbocycles. The average Bonchev–Trinajstić information content (AvgIpc) is 2.18. The minimum absolute atomic E-state index is 0.316. The molecule has 4 nitrogen and oxygen atoms in total. The summed E-state index contributed by atoms with van der Waals surface area (Å²) in [6.07, 6.45) is -3.72. The van der Waals surface area contributed by atoms with Crippen molar-refractivity contribution in [1.29, 1.82) is 0 Å². The molecule has 1 rings (SSSR count).